The van der Waals surface area contributed by atoms with Crippen LogP contribution in [0.2, 0.25) is 0 Å². The lowest BCUT2D eigenvalue weighted by Crippen LogP contribution is -2.32. The topological polar surface area (TPSA) is 58.9 Å². The summed E-state index contributed by atoms with van der Waals surface area (Å²) < 4.78 is 9.76. The minimum absolute atomic E-state index is 0.137. The summed E-state index contributed by atoms with van der Waals surface area (Å²) in [5.41, 5.74) is 0.827. The first kappa shape index (κ1) is 15.6. The van der Waals surface area contributed by atoms with Crippen LogP contribution in [0.5, 0.6) is 0 Å². The van der Waals surface area contributed by atoms with E-state index in [0.29, 0.717) is 6.61 Å². The molecular formula is C12H24O4. The molecule has 0 spiro atoms. The molecule has 0 aliphatic heterocycles. The maximum absolute atomic E-state index is 9.91. The standard InChI is InChI=1S/C12H24O4/c1-4-5-6-10(7-8-15-2)12(14)11(13)9-16-3/h7,11-14H,4-6,8-9H2,1-3H3/b10-7+/t11-,12+/m0/s1. The molecule has 4 heteroatoms. The van der Waals surface area contributed by atoms with Gasteiger partial charge in [-0.25, -0.2) is 0 Å². The summed E-state index contributed by atoms with van der Waals surface area (Å²) in [7, 11) is 3.10. The summed E-state index contributed by atoms with van der Waals surface area (Å²) in [4.78, 5) is 0. The first-order valence-corrected chi connectivity index (χ1v) is 5.70. The number of methoxy groups -OCH3 is 2. The van der Waals surface area contributed by atoms with E-state index < -0.39 is 12.2 Å². The summed E-state index contributed by atoms with van der Waals surface area (Å²) in [5, 5.41) is 19.5. The fourth-order valence-corrected chi connectivity index (χ4v) is 1.45. The van der Waals surface area contributed by atoms with Crippen molar-refractivity contribution >= 4 is 0 Å². The van der Waals surface area contributed by atoms with Crippen molar-refractivity contribution in [2.24, 2.45) is 0 Å². The Kier molecular flexibility index (Phi) is 9.52. The molecule has 0 radical (unpaired) electrons. The van der Waals surface area contributed by atoms with Crippen molar-refractivity contribution in [2.45, 2.75) is 38.4 Å². The van der Waals surface area contributed by atoms with Gasteiger partial charge in [-0.15, -0.1) is 0 Å². The third kappa shape index (κ3) is 6.23. The Morgan fingerprint density at radius 3 is 2.44 bits per heavy atom. The van der Waals surface area contributed by atoms with Crippen LogP contribution in [0.4, 0.5) is 0 Å². The van der Waals surface area contributed by atoms with E-state index in [-0.39, 0.29) is 6.61 Å². The van der Waals surface area contributed by atoms with E-state index in [0.717, 1.165) is 24.8 Å². The van der Waals surface area contributed by atoms with Crippen molar-refractivity contribution in [1.82, 2.24) is 0 Å². The monoisotopic (exact) mass is 232 g/mol. The fraction of sp³-hybridized carbons (Fsp3) is 0.833. The van der Waals surface area contributed by atoms with Gasteiger partial charge in [-0.2, -0.15) is 0 Å². The Labute approximate surface area is 97.9 Å². The number of hydrogen-bond acceptors (Lipinski definition) is 4. The molecule has 2 N–H and O–H groups in total. The smallest absolute Gasteiger partial charge is 0.107 e. The second-order valence-electron chi connectivity index (χ2n) is 3.81. The van der Waals surface area contributed by atoms with E-state index in [2.05, 4.69) is 6.92 Å². The zero-order valence-corrected chi connectivity index (χ0v) is 10.5. The zero-order valence-electron chi connectivity index (χ0n) is 10.5. The summed E-state index contributed by atoms with van der Waals surface area (Å²) in [6, 6.07) is 0. The molecular weight excluding hydrogens is 208 g/mol. The largest absolute Gasteiger partial charge is 0.388 e. The van der Waals surface area contributed by atoms with Gasteiger partial charge in [0.25, 0.3) is 0 Å². The lowest BCUT2D eigenvalue weighted by Gasteiger charge is -2.20. The van der Waals surface area contributed by atoms with Gasteiger partial charge < -0.3 is 19.7 Å². The van der Waals surface area contributed by atoms with E-state index in [4.69, 9.17) is 9.47 Å². The highest BCUT2D eigenvalue weighted by atomic mass is 16.5. The van der Waals surface area contributed by atoms with E-state index in [1.54, 1.807) is 7.11 Å². The van der Waals surface area contributed by atoms with Crippen LogP contribution in [-0.2, 0) is 9.47 Å². The Hall–Kier alpha value is -0.420. The number of rotatable bonds is 9. The molecule has 0 fully saturated rings. The molecule has 0 aromatic carbocycles. The normalized spacial score (nSPS) is 16.2. The average molecular weight is 232 g/mol. The van der Waals surface area contributed by atoms with Crippen LogP contribution in [0.25, 0.3) is 0 Å². The first-order valence-electron chi connectivity index (χ1n) is 5.70. The molecule has 4 nitrogen and oxygen atoms in total. The molecule has 0 rings (SSSR count). The van der Waals surface area contributed by atoms with Gasteiger partial charge in [0.15, 0.2) is 0 Å². The summed E-state index contributed by atoms with van der Waals surface area (Å²) >= 11 is 0. The van der Waals surface area contributed by atoms with E-state index in [1.165, 1.54) is 7.11 Å². The van der Waals surface area contributed by atoms with Crippen molar-refractivity contribution in [3.63, 3.8) is 0 Å². The van der Waals surface area contributed by atoms with Gasteiger partial charge >= 0.3 is 0 Å². The minimum atomic E-state index is -0.870. The summed E-state index contributed by atoms with van der Waals surface area (Å²) in [6.45, 7) is 2.68. The highest BCUT2D eigenvalue weighted by Gasteiger charge is 2.19. The first-order chi connectivity index (χ1) is 7.67. The van der Waals surface area contributed by atoms with Crippen molar-refractivity contribution < 1.29 is 19.7 Å². The highest BCUT2D eigenvalue weighted by molar-refractivity contribution is 5.10. The lowest BCUT2D eigenvalue weighted by molar-refractivity contribution is -0.0115. The predicted octanol–water partition coefficient (Wildman–Crippen LogP) is 1.12. The molecule has 0 aliphatic rings. The SMILES string of the molecule is CCCC/C(=C\COC)[C@@H](O)[C@@H](O)COC. The van der Waals surface area contributed by atoms with Gasteiger partial charge in [0.05, 0.1) is 13.2 Å². The van der Waals surface area contributed by atoms with Crippen LogP contribution in [-0.4, -0.2) is 49.9 Å². The zero-order chi connectivity index (χ0) is 12.4. The number of hydrogen-bond donors (Lipinski definition) is 2. The summed E-state index contributed by atoms with van der Waals surface area (Å²) in [6.07, 6.45) is 2.93. The fourth-order valence-electron chi connectivity index (χ4n) is 1.45. The Morgan fingerprint density at radius 2 is 1.94 bits per heavy atom. The minimum Gasteiger partial charge on any atom is -0.388 e. The van der Waals surface area contributed by atoms with Crippen molar-refractivity contribution in [3.05, 3.63) is 11.6 Å². The van der Waals surface area contributed by atoms with Crippen molar-refractivity contribution in [2.75, 3.05) is 27.4 Å². The van der Waals surface area contributed by atoms with E-state index in [9.17, 15) is 10.2 Å². The van der Waals surface area contributed by atoms with E-state index >= 15 is 0 Å². The number of aliphatic hydroxyl groups excluding tert-OH is 2. The number of ether oxygens (including phenoxy) is 2. The Balaban J connectivity index is 4.35. The predicted molar refractivity (Wildman–Crippen MR) is 63.4 cm³/mol. The van der Waals surface area contributed by atoms with Crippen LogP contribution in [0, 0.1) is 0 Å². The highest BCUT2D eigenvalue weighted by Crippen LogP contribution is 2.15. The maximum Gasteiger partial charge on any atom is 0.107 e. The molecule has 0 saturated carbocycles. The number of aliphatic hydroxyl groups is 2. The molecule has 96 valence electrons. The molecule has 0 amide bonds. The molecule has 0 saturated heterocycles. The second kappa shape index (κ2) is 9.78. The van der Waals surface area contributed by atoms with Crippen LogP contribution in [0.1, 0.15) is 26.2 Å². The van der Waals surface area contributed by atoms with Crippen molar-refractivity contribution in [1.29, 1.82) is 0 Å². The molecule has 0 bridgehead atoms. The molecule has 0 heterocycles. The van der Waals surface area contributed by atoms with Gasteiger partial charge in [0.1, 0.15) is 12.2 Å². The van der Waals surface area contributed by atoms with Gasteiger partial charge in [0, 0.05) is 14.2 Å². The molecule has 0 unspecified atom stereocenters. The van der Waals surface area contributed by atoms with Crippen LogP contribution in [0.15, 0.2) is 11.6 Å². The summed E-state index contributed by atoms with van der Waals surface area (Å²) in [5.74, 6) is 0. The van der Waals surface area contributed by atoms with Gasteiger partial charge in [-0.1, -0.05) is 19.4 Å². The molecule has 2 atom stereocenters. The molecule has 0 aromatic heterocycles. The van der Waals surface area contributed by atoms with E-state index in [1.807, 2.05) is 6.08 Å². The van der Waals surface area contributed by atoms with Crippen LogP contribution >= 0.6 is 0 Å². The third-order valence-electron chi connectivity index (χ3n) is 2.41. The molecule has 0 aliphatic carbocycles. The quantitative estimate of drug-likeness (QED) is 0.585. The van der Waals surface area contributed by atoms with Crippen LogP contribution < -0.4 is 0 Å². The Morgan fingerprint density at radius 1 is 1.25 bits per heavy atom. The third-order valence-corrected chi connectivity index (χ3v) is 2.41. The van der Waals surface area contributed by atoms with Crippen LogP contribution in [0.3, 0.4) is 0 Å². The van der Waals surface area contributed by atoms with Crippen molar-refractivity contribution in [3.8, 4) is 0 Å². The number of unbranched alkanes of at least 4 members (excludes halogenated alkanes) is 1. The van der Waals surface area contributed by atoms with Gasteiger partial charge in [0.2, 0.25) is 0 Å². The molecule has 0 aromatic rings. The van der Waals surface area contributed by atoms with Gasteiger partial charge in [-0.05, 0) is 18.4 Å². The lowest BCUT2D eigenvalue weighted by atomic mass is 9.99. The Bertz CT molecular complexity index is 191. The maximum atomic E-state index is 9.91. The average Bonchev–Trinajstić information content (AvgIpc) is 2.29. The van der Waals surface area contributed by atoms with Gasteiger partial charge in [-0.3, -0.25) is 0 Å². The molecule has 16 heavy (non-hydrogen) atoms. The second-order valence-corrected chi connectivity index (χ2v) is 3.81.